The zero-order valence-corrected chi connectivity index (χ0v) is 12.7. The molecule has 0 atom stereocenters. The number of ether oxygens (including phenoxy) is 3. The maximum atomic E-state index is 9.38. The van der Waals surface area contributed by atoms with Crippen LogP contribution in [-0.4, -0.2) is 26.3 Å². The predicted molar refractivity (Wildman–Crippen MR) is 83.8 cm³/mol. The average Bonchev–Trinajstić information content (AvgIpc) is 2.59. The Balaban J connectivity index is 2.57. The largest absolute Gasteiger partial charge is 0.493 e. The van der Waals surface area contributed by atoms with Crippen LogP contribution in [0.5, 0.6) is 17.2 Å². The van der Waals surface area contributed by atoms with Crippen molar-refractivity contribution in [3.05, 3.63) is 47.8 Å². The second-order valence-electron chi connectivity index (χ2n) is 4.31. The Labute approximate surface area is 129 Å². The van der Waals surface area contributed by atoms with Crippen LogP contribution < -0.4 is 14.2 Å². The molecule has 0 aliphatic rings. The van der Waals surface area contributed by atoms with Gasteiger partial charge in [0.15, 0.2) is 11.5 Å². The van der Waals surface area contributed by atoms with Crippen molar-refractivity contribution in [1.29, 1.82) is 5.26 Å². The predicted octanol–water partition coefficient (Wildman–Crippen LogP) is 3.17. The molecule has 0 bridgehead atoms. The molecule has 112 valence electrons. The van der Waals surface area contributed by atoms with E-state index in [0.717, 1.165) is 0 Å². The number of pyridine rings is 1. The molecular formula is C17H16N2O3. The number of rotatable bonds is 5. The van der Waals surface area contributed by atoms with Crippen molar-refractivity contribution in [2.45, 2.75) is 0 Å². The lowest BCUT2D eigenvalue weighted by Crippen LogP contribution is -1.97. The molecular weight excluding hydrogens is 280 g/mol. The number of methoxy groups -OCH3 is 3. The van der Waals surface area contributed by atoms with Crippen molar-refractivity contribution >= 4 is 11.6 Å². The highest BCUT2D eigenvalue weighted by Gasteiger charge is 2.15. The third kappa shape index (κ3) is 3.01. The number of aromatic nitrogens is 1. The van der Waals surface area contributed by atoms with Crippen LogP contribution >= 0.6 is 0 Å². The fraction of sp³-hybridized carbons (Fsp3) is 0.176. The van der Waals surface area contributed by atoms with E-state index in [0.29, 0.717) is 34.1 Å². The normalized spacial score (nSPS) is 10.7. The van der Waals surface area contributed by atoms with Crippen molar-refractivity contribution < 1.29 is 14.2 Å². The lowest BCUT2D eigenvalue weighted by atomic mass is 10.1. The van der Waals surface area contributed by atoms with Gasteiger partial charge in [-0.3, -0.25) is 4.98 Å². The monoisotopic (exact) mass is 296 g/mol. The summed E-state index contributed by atoms with van der Waals surface area (Å²) in [6, 6.07) is 11.1. The fourth-order valence-electron chi connectivity index (χ4n) is 2.08. The van der Waals surface area contributed by atoms with Gasteiger partial charge in [0.25, 0.3) is 0 Å². The van der Waals surface area contributed by atoms with Crippen molar-refractivity contribution in [2.75, 3.05) is 21.3 Å². The van der Waals surface area contributed by atoms with E-state index < -0.39 is 0 Å². The molecule has 1 aromatic heterocycles. The van der Waals surface area contributed by atoms with Crippen LogP contribution in [0.4, 0.5) is 0 Å². The number of hydrogen-bond acceptors (Lipinski definition) is 5. The van der Waals surface area contributed by atoms with Crippen molar-refractivity contribution in [1.82, 2.24) is 4.98 Å². The summed E-state index contributed by atoms with van der Waals surface area (Å²) in [5.41, 5.74) is 1.75. The first kappa shape index (κ1) is 15.4. The zero-order valence-electron chi connectivity index (χ0n) is 12.7. The van der Waals surface area contributed by atoms with E-state index in [9.17, 15) is 5.26 Å². The van der Waals surface area contributed by atoms with Gasteiger partial charge in [0.2, 0.25) is 5.75 Å². The van der Waals surface area contributed by atoms with Crippen LogP contribution in [0.25, 0.3) is 11.6 Å². The van der Waals surface area contributed by atoms with Crippen LogP contribution in [0.2, 0.25) is 0 Å². The Morgan fingerprint density at radius 3 is 2.36 bits per heavy atom. The summed E-state index contributed by atoms with van der Waals surface area (Å²) in [7, 11) is 4.64. The molecule has 0 spiro atoms. The molecule has 0 aliphatic carbocycles. The summed E-state index contributed by atoms with van der Waals surface area (Å²) in [5.74, 6) is 1.55. The number of nitrogens with zero attached hydrogens (tertiary/aromatic N) is 2. The van der Waals surface area contributed by atoms with E-state index in [1.165, 1.54) is 7.11 Å². The number of nitriles is 1. The molecule has 22 heavy (non-hydrogen) atoms. The highest BCUT2D eigenvalue weighted by Crippen LogP contribution is 2.40. The molecule has 0 amide bonds. The van der Waals surface area contributed by atoms with Gasteiger partial charge in [0.05, 0.1) is 32.6 Å². The average molecular weight is 296 g/mol. The molecule has 0 fully saturated rings. The third-order valence-corrected chi connectivity index (χ3v) is 3.10. The van der Waals surface area contributed by atoms with Crippen molar-refractivity contribution in [3.63, 3.8) is 0 Å². The van der Waals surface area contributed by atoms with Gasteiger partial charge in [-0.25, -0.2) is 0 Å². The van der Waals surface area contributed by atoms with Gasteiger partial charge in [-0.1, -0.05) is 6.07 Å². The summed E-state index contributed by atoms with van der Waals surface area (Å²) in [6.07, 6.45) is 3.36. The maximum Gasteiger partial charge on any atom is 0.203 e. The molecule has 2 aromatic rings. The van der Waals surface area contributed by atoms with E-state index in [-0.39, 0.29) is 0 Å². The van der Waals surface area contributed by atoms with Gasteiger partial charge in [-0.15, -0.1) is 0 Å². The van der Waals surface area contributed by atoms with Crippen LogP contribution in [0.1, 0.15) is 11.3 Å². The smallest absolute Gasteiger partial charge is 0.203 e. The number of hydrogen-bond donors (Lipinski definition) is 0. The Morgan fingerprint density at radius 2 is 1.82 bits per heavy atom. The first-order chi connectivity index (χ1) is 10.7. The molecule has 1 heterocycles. The fourth-order valence-corrected chi connectivity index (χ4v) is 2.08. The van der Waals surface area contributed by atoms with Crippen LogP contribution in [0.15, 0.2) is 36.5 Å². The first-order valence-corrected chi connectivity index (χ1v) is 6.57. The van der Waals surface area contributed by atoms with Gasteiger partial charge in [0, 0.05) is 11.8 Å². The summed E-state index contributed by atoms with van der Waals surface area (Å²) in [6.45, 7) is 0. The van der Waals surface area contributed by atoms with Crippen LogP contribution in [0, 0.1) is 11.3 Å². The Morgan fingerprint density at radius 1 is 1.05 bits per heavy atom. The molecule has 1 aromatic carbocycles. The molecule has 5 heteroatoms. The molecule has 0 saturated carbocycles. The first-order valence-electron chi connectivity index (χ1n) is 6.57. The van der Waals surface area contributed by atoms with Crippen molar-refractivity contribution in [2.24, 2.45) is 0 Å². The molecule has 0 aliphatic heterocycles. The SMILES string of the molecule is COc1ccc(C=C(C#N)c2ccccn2)c(OC)c1OC. The van der Waals surface area contributed by atoms with Crippen LogP contribution in [-0.2, 0) is 0 Å². The Hall–Kier alpha value is -3.00. The second kappa shape index (κ2) is 7.14. The second-order valence-corrected chi connectivity index (χ2v) is 4.31. The van der Waals surface area contributed by atoms with Gasteiger partial charge in [-0.2, -0.15) is 5.26 Å². The van der Waals surface area contributed by atoms with Crippen molar-refractivity contribution in [3.8, 4) is 23.3 Å². The lowest BCUT2D eigenvalue weighted by molar-refractivity contribution is 0.324. The molecule has 0 unspecified atom stereocenters. The lowest BCUT2D eigenvalue weighted by Gasteiger charge is -2.14. The molecule has 0 N–H and O–H groups in total. The standard InChI is InChI=1S/C17H16N2O3/c1-20-15-8-7-12(16(21-2)17(15)22-3)10-13(11-18)14-6-4-5-9-19-14/h4-10H,1-3H3. The van der Waals surface area contributed by atoms with E-state index in [1.807, 2.05) is 6.07 Å². The van der Waals surface area contributed by atoms with E-state index in [2.05, 4.69) is 11.1 Å². The Bertz CT molecular complexity index is 719. The maximum absolute atomic E-state index is 9.38. The van der Waals surface area contributed by atoms with Gasteiger partial charge in [-0.05, 0) is 30.3 Å². The highest BCUT2D eigenvalue weighted by atomic mass is 16.5. The van der Waals surface area contributed by atoms with Gasteiger partial charge in [0.1, 0.15) is 6.07 Å². The molecule has 2 rings (SSSR count). The third-order valence-electron chi connectivity index (χ3n) is 3.10. The topological polar surface area (TPSA) is 64.4 Å². The minimum atomic E-state index is 0.436. The molecule has 0 saturated heterocycles. The summed E-state index contributed by atoms with van der Waals surface area (Å²) in [5, 5.41) is 9.38. The van der Waals surface area contributed by atoms with Gasteiger partial charge >= 0.3 is 0 Å². The Kier molecular flexibility index (Phi) is 4.99. The molecule has 0 radical (unpaired) electrons. The van der Waals surface area contributed by atoms with Crippen LogP contribution in [0.3, 0.4) is 0 Å². The van der Waals surface area contributed by atoms with E-state index >= 15 is 0 Å². The molecule has 5 nitrogen and oxygen atoms in total. The highest BCUT2D eigenvalue weighted by molar-refractivity contribution is 5.90. The summed E-state index contributed by atoms with van der Waals surface area (Å²) < 4.78 is 16.0. The quantitative estimate of drug-likeness (QED) is 0.793. The number of allylic oxidation sites excluding steroid dienone is 1. The van der Waals surface area contributed by atoms with E-state index in [4.69, 9.17) is 14.2 Å². The minimum Gasteiger partial charge on any atom is -0.493 e. The van der Waals surface area contributed by atoms with E-state index in [1.54, 1.807) is 50.8 Å². The summed E-state index contributed by atoms with van der Waals surface area (Å²) in [4.78, 5) is 4.19. The van der Waals surface area contributed by atoms with Gasteiger partial charge < -0.3 is 14.2 Å². The zero-order chi connectivity index (χ0) is 15.9. The number of benzene rings is 1. The summed E-state index contributed by atoms with van der Waals surface area (Å²) >= 11 is 0. The minimum absolute atomic E-state index is 0.436.